The second kappa shape index (κ2) is 10.1. The average molecular weight is 464 g/mol. The number of rotatable bonds is 9. The Labute approximate surface area is 166 Å². The van der Waals surface area contributed by atoms with Gasteiger partial charge in [0.25, 0.3) is 5.91 Å². The highest BCUT2D eigenvalue weighted by molar-refractivity contribution is 9.10. The first kappa shape index (κ1) is 23.5. The van der Waals surface area contributed by atoms with Crippen LogP contribution in [0.15, 0.2) is 16.6 Å². The third kappa shape index (κ3) is 5.72. The second-order valence-electron chi connectivity index (χ2n) is 5.53. The van der Waals surface area contributed by atoms with Crippen LogP contribution in [0.4, 0.5) is 5.69 Å². The van der Waals surface area contributed by atoms with Crippen LogP contribution in [0.3, 0.4) is 0 Å². The van der Waals surface area contributed by atoms with Gasteiger partial charge in [-0.15, -0.1) is 0 Å². The standard InChI is InChI=1S/C17H23BrNO7P/c1-6-25-27(23,26-7-2)15(17(22)24-5)14(20)16(21)19-13-10(3)8-12(18)9-11(13)4/h8-9,15H,6-7H2,1-5H3,(H,19,21)/t15-/m0/s1. The molecule has 1 amide bonds. The van der Waals surface area contributed by atoms with E-state index in [9.17, 15) is 18.9 Å². The maximum absolute atomic E-state index is 12.9. The fourth-order valence-corrected chi connectivity index (χ4v) is 4.99. The molecule has 0 aliphatic carbocycles. The van der Waals surface area contributed by atoms with Crippen molar-refractivity contribution in [2.45, 2.75) is 33.4 Å². The molecule has 0 aliphatic rings. The quantitative estimate of drug-likeness (QED) is 0.258. The molecule has 1 atom stereocenters. The molecule has 10 heteroatoms. The summed E-state index contributed by atoms with van der Waals surface area (Å²) in [6, 6.07) is 3.52. The number of nitrogens with one attached hydrogen (secondary N) is 1. The lowest BCUT2D eigenvalue weighted by Gasteiger charge is -2.23. The fraction of sp³-hybridized carbons (Fsp3) is 0.471. The number of hydrogen-bond acceptors (Lipinski definition) is 7. The van der Waals surface area contributed by atoms with Gasteiger partial charge in [0, 0.05) is 10.2 Å². The number of hydrogen-bond donors (Lipinski definition) is 1. The molecule has 1 N–H and O–H groups in total. The third-order valence-electron chi connectivity index (χ3n) is 3.57. The van der Waals surface area contributed by atoms with Crippen molar-refractivity contribution >= 4 is 46.9 Å². The van der Waals surface area contributed by atoms with Gasteiger partial charge >= 0.3 is 13.6 Å². The minimum atomic E-state index is -4.24. The first-order valence-electron chi connectivity index (χ1n) is 8.19. The van der Waals surface area contributed by atoms with Crippen LogP contribution < -0.4 is 5.32 Å². The van der Waals surface area contributed by atoms with Crippen molar-refractivity contribution in [2.75, 3.05) is 25.6 Å². The maximum Gasteiger partial charge on any atom is 0.353 e. The lowest BCUT2D eigenvalue weighted by Crippen LogP contribution is -2.40. The summed E-state index contributed by atoms with van der Waals surface area (Å²) in [5, 5.41) is 2.47. The average Bonchev–Trinajstić information content (AvgIpc) is 2.57. The number of methoxy groups -OCH3 is 1. The van der Waals surface area contributed by atoms with E-state index in [4.69, 9.17) is 9.05 Å². The molecule has 27 heavy (non-hydrogen) atoms. The van der Waals surface area contributed by atoms with Gasteiger partial charge in [-0.2, -0.15) is 0 Å². The lowest BCUT2D eigenvalue weighted by molar-refractivity contribution is -0.146. The maximum atomic E-state index is 12.9. The number of aryl methyl sites for hydroxylation is 2. The van der Waals surface area contributed by atoms with Crippen molar-refractivity contribution in [2.24, 2.45) is 0 Å². The Bertz CT molecular complexity index is 748. The van der Waals surface area contributed by atoms with Gasteiger partial charge < -0.3 is 19.1 Å². The van der Waals surface area contributed by atoms with Crippen molar-refractivity contribution in [3.63, 3.8) is 0 Å². The SMILES string of the molecule is CCOP(=O)(OCC)[C@H](C(=O)OC)C(=O)C(=O)Nc1c(C)cc(Br)cc1C. The molecule has 0 spiro atoms. The van der Waals surface area contributed by atoms with Crippen LogP contribution in [0.5, 0.6) is 0 Å². The van der Waals surface area contributed by atoms with Crippen LogP contribution in [0, 0.1) is 13.8 Å². The Kier molecular flexibility index (Phi) is 8.81. The number of ether oxygens (including phenoxy) is 1. The minimum Gasteiger partial charge on any atom is -0.468 e. The highest BCUT2D eigenvalue weighted by Gasteiger charge is 2.50. The summed E-state index contributed by atoms with van der Waals surface area (Å²) in [6.07, 6.45) is 0. The minimum absolute atomic E-state index is 0.0788. The molecule has 0 aliphatic heterocycles. The van der Waals surface area contributed by atoms with Gasteiger partial charge in [-0.3, -0.25) is 18.9 Å². The van der Waals surface area contributed by atoms with Crippen LogP contribution in [0.1, 0.15) is 25.0 Å². The highest BCUT2D eigenvalue weighted by Crippen LogP contribution is 2.53. The second-order valence-corrected chi connectivity index (χ2v) is 8.56. The number of benzene rings is 1. The highest BCUT2D eigenvalue weighted by atomic mass is 79.9. The molecule has 0 aromatic heterocycles. The molecule has 0 saturated heterocycles. The van der Waals surface area contributed by atoms with E-state index in [0.717, 1.165) is 11.6 Å². The molecule has 0 heterocycles. The monoisotopic (exact) mass is 463 g/mol. The zero-order valence-electron chi connectivity index (χ0n) is 15.8. The van der Waals surface area contributed by atoms with Crippen LogP contribution in [-0.4, -0.2) is 43.6 Å². The van der Waals surface area contributed by atoms with E-state index in [-0.39, 0.29) is 13.2 Å². The molecule has 150 valence electrons. The summed E-state index contributed by atoms with van der Waals surface area (Å²) in [4.78, 5) is 37.3. The number of carbonyl (C=O) groups excluding carboxylic acids is 3. The molecule has 0 fully saturated rings. The summed E-state index contributed by atoms with van der Waals surface area (Å²) in [5.74, 6) is -3.53. The molecule has 8 nitrogen and oxygen atoms in total. The van der Waals surface area contributed by atoms with E-state index in [0.29, 0.717) is 16.8 Å². The number of ketones is 1. The van der Waals surface area contributed by atoms with Crippen molar-refractivity contribution in [3.8, 4) is 0 Å². The number of esters is 1. The number of carbonyl (C=O) groups is 3. The van der Waals surface area contributed by atoms with Crippen molar-refractivity contribution in [3.05, 3.63) is 27.7 Å². The van der Waals surface area contributed by atoms with Gasteiger partial charge in [0.1, 0.15) is 0 Å². The van der Waals surface area contributed by atoms with Gasteiger partial charge in [0.2, 0.25) is 11.4 Å². The molecule has 1 aromatic rings. The summed E-state index contributed by atoms with van der Waals surface area (Å²) in [5.41, 5.74) is -0.174. The third-order valence-corrected chi connectivity index (χ3v) is 6.34. The first-order chi connectivity index (χ1) is 12.6. The summed E-state index contributed by atoms with van der Waals surface area (Å²) >= 11 is 3.34. The van der Waals surface area contributed by atoms with E-state index in [1.807, 2.05) is 0 Å². The predicted molar refractivity (Wildman–Crippen MR) is 104 cm³/mol. The van der Waals surface area contributed by atoms with E-state index in [1.165, 1.54) is 13.8 Å². The number of amides is 1. The molecule has 0 bridgehead atoms. The smallest absolute Gasteiger partial charge is 0.353 e. The van der Waals surface area contributed by atoms with Crippen LogP contribution in [-0.2, 0) is 32.7 Å². The van der Waals surface area contributed by atoms with Crippen LogP contribution in [0.2, 0.25) is 0 Å². The summed E-state index contributed by atoms with van der Waals surface area (Å²) in [6.45, 7) is 6.40. The Balaban J connectivity index is 3.25. The number of Topliss-reactive ketones (excluding diaryl/α,β-unsaturated/α-hetero) is 1. The molecule has 1 rings (SSSR count). The van der Waals surface area contributed by atoms with Gasteiger partial charge in [-0.05, 0) is 51.0 Å². The topological polar surface area (TPSA) is 108 Å². The molecule has 0 unspecified atom stereocenters. The number of anilines is 1. The molecular formula is C17H23BrNO7P. The van der Waals surface area contributed by atoms with E-state index in [2.05, 4.69) is 26.0 Å². The molecule has 1 aromatic carbocycles. The summed E-state index contributed by atoms with van der Waals surface area (Å²) < 4.78 is 28.4. The van der Waals surface area contributed by atoms with Crippen LogP contribution >= 0.6 is 23.5 Å². The number of halogens is 1. The lowest BCUT2D eigenvalue weighted by atomic mass is 10.1. The molecule has 0 saturated carbocycles. The van der Waals surface area contributed by atoms with Gasteiger partial charge in [-0.1, -0.05) is 15.9 Å². The Morgan fingerprint density at radius 2 is 1.59 bits per heavy atom. The van der Waals surface area contributed by atoms with Crippen LogP contribution in [0.25, 0.3) is 0 Å². The Hall–Kier alpha value is -1.54. The van der Waals surface area contributed by atoms with Crippen molar-refractivity contribution in [1.82, 2.24) is 0 Å². The molecule has 0 radical (unpaired) electrons. The van der Waals surface area contributed by atoms with Gasteiger partial charge in [-0.25, -0.2) is 0 Å². The van der Waals surface area contributed by atoms with Crippen molar-refractivity contribution < 1.29 is 32.7 Å². The molecular weight excluding hydrogens is 441 g/mol. The van der Waals surface area contributed by atoms with Gasteiger partial charge in [0.15, 0.2) is 0 Å². The normalized spacial score (nSPS) is 12.4. The fourth-order valence-electron chi connectivity index (χ4n) is 2.44. The van der Waals surface area contributed by atoms with Gasteiger partial charge in [0.05, 0.1) is 20.3 Å². The zero-order chi connectivity index (χ0) is 20.8. The van der Waals surface area contributed by atoms with E-state index >= 15 is 0 Å². The first-order valence-corrected chi connectivity index (χ1v) is 10.6. The largest absolute Gasteiger partial charge is 0.468 e. The zero-order valence-corrected chi connectivity index (χ0v) is 18.3. The predicted octanol–water partition coefficient (Wildman–Crippen LogP) is 3.38. The van der Waals surface area contributed by atoms with Crippen molar-refractivity contribution in [1.29, 1.82) is 0 Å². The Morgan fingerprint density at radius 1 is 1.11 bits per heavy atom. The van der Waals surface area contributed by atoms with E-state index in [1.54, 1.807) is 26.0 Å². The Morgan fingerprint density at radius 3 is 2.00 bits per heavy atom. The summed E-state index contributed by atoms with van der Waals surface area (Å²) in [7, 11) is -3.22. The van der Waals surface area contributed by atoms with E-state index < -0.39 is 30.9 Å².